The molecule has 2 aromatic heterocycles. The predicted octanol–water partition coefficient (Wildman–Crippen LogP) is 4.80. The standard InChI is InChI=1S/C28H34N8O2/c1-6-29-28(30-19(4)36-14-21(17(2)32-36)13-35-15-23(16-35)33-38)31-22-10-11-25-24(12-22)26(18(3)34(25)5)27(37)20-8-7-9-20/h6,10-12,14,20,23H,1,7-9,13,15-16H2,2-5H3,(H,29,31)/b30-19+. The van der Waals surface area contributed by atoms with Crippen LogP contribution in [0.25, 0.3) is 10.9 Å². The number of aryl methyl sites for hydroxylation is 2. The number of likely N-dealkylation sites (tertiary alicyclic amines) is 1. The van der Waals surface area contributed by atoms with E-state index in [1.807, 2.05) is 52.2 Å². The zero-order valence-electron chi connectivity index (χ0n) is 22.4. The Morgan fingerprint density at radius 2 is 2.03 bits per heavy atom. The summed E-state index contributed by atoms with van der Waals surface area (Å²) >= 11 is 0. The van der Waals surface area contributed by atoms with Crippen LogP contribution >= 0.6 is 0 Å². The van der Waals surface area contributed by atoms with Gasteiger partial charge in [0, 0.05) is 78.4 Å². The summed E-state index contributed by atoms with van der Waals surface area (Å²) in [4.78, 5) is 35.1. The Morgan fingerprint density at radius 1 is 1.26 bits per heavy atom. The lowest BCUT2D eigenvalue weighted by Crippen LogP contribution is -2.48. The Morgan fingerprint density at radius 3 is 2.68 bits per heavy atom. The smallest absolute Gasteiger partial charge is 0.228 e. The fourth-order valence-corrected chi connectivity index (χ4v) is 5.14. The van der Waals surface area contributed by atoms with Gasteiger partial charge < -0.3 is 9.88 Å². The van der Waals surface area contributed by atoms with E-state index < -0.39 is 0 Å². The molecule has 1 saturated carbocycles. The van der Waals surface area contributed by atoms with Crippen LogP contribution in [0.2, 0.25) is 0 Å². The molecule has 38 heavy (non-hydrogen) atoms. The number of nitroso groups, excluding NO2 is 1. The van der Waals surface area contributed by atoms with E-state index in [0.29, 0.717) is 24.9 Å². The quantitative estimate of drug-likeness (QED) is 0.211. The van der Waals surface area contributed by atoms with Crippen molar-refractivity contribution in [3.63, 3.8) is 0 Å². The number of nitrogens with zero attached hydrogens (tertiary/aromatic N) is 7. The van der Waals surface area contributed by atoms with Gasteiger partial charge in [0.15, 0.2) is 5.78 Å². The second kappa shape index (κ2) is 10.4. The van der Waals surface area contributed by atoms with Crippen LogP contribution in [-0.4, -0.2) is 56.0 Å². The number of guanidine groups is 1. The maximum absolute atomic E-state index is 13.2. The van der Waals surface area contributed by atoms with Gasteiger partial charge in [0.25, 0.3) is 0 Å². The lowest BCUT2D eigenvalue weighted by atomic mass is 9.79. The van der Waals surface area contributed by atoms with Crippen molar-refractivity contribution in [3.8, 4) is 0 Å². The molecule has 1 N–H and O–H groups in total. The third-order valence-corrected chi connectivity index (χ3v) is 7.76. The van der Waals surface area contributed by atoms with E-state index in [2.05, 4.69) is 41.6 Å². The van der Waals surface area contributed by atoms with Crippen molar-refractivity contribution in [1.82, 2.24) is 19.2 Å². The third-order valence-electron chi connectivity index (χ3n) is 7.76. The zero-order chi connectivity index (χ0) is 27.0. The summed E-state index contributed by atoms with van der Waals surface area (Å²) in [5, 5.41) is 11.9. The molecule has 2 fully saturated rings. The molecule has 3 aromatic rings. The average Bonchev–Trinajstić information content (AvgIpc) is 3.31. The minimum atomic E-state index is -0.108. The predicted molar refractivity (Wildman–Crippen MR) is 151 cm³/mol. The second-order valence-electron chi connectivity index (χ2n) is 10.3. The number of nitrogens with one attached hydrogen (secondary N) is 1. The number of hydrogen-bond donors (Lipinski definition) is 1. The van der Waals surface area contributed by atoms with Crippen molar-refractivity contribution in [3.05, 3.63) is 64.6 Å². The number of benzene rings is 1. The van der Waals surface area contributed by atoms with Crippen molar-refractivity contribution in [2.24, 2.45) is 28.1 Å². The third kappa shape index (κ3) is 4.83. The highest BCUT2D eigenvalue weighted by atomic mass is 16.3. The molecule has 0 radical (unpaired) electrons. The number of rotatable bonds is 7. The van der Waals surface area contributed by atoms with Crippen LogP contribution in [0.5, 0.6) is 0 Å². The fraction of sp³-hybridized carbons (Fsp3) is 0.429. The normalized spacial score (nSPS) is 17.4. The van der Waals surface area contributed by atoms with Gasteiger partial charge in [-0.3, -0.25) is 9.69 Å². The van der Waals surface area contributed by atoms with E-state index in [1.54, 1.807) is 4.68 Å². The van der Waals surface area contributed by atoms with Crippen molar-refractivity contribution < 1.29 is 4.79 Å². The van der Waals surface area contributed by atoms with Gasteiger partial charge in [-0.05, 0) is 51.8 Å². The fourth-order valence-electron chi connectivity index (χ4n) is 5.14. The van der Waals surface area contributed by atoms with E-state index >= 15 is 0 Å². The van der Waals surface area contributed by atoms with Crippen LogP contribution in [-0.2, 0) is 13.6 Å². The van der Waals surface area contributed by atoms with Gasteiger partial charge >= 0.3 is 0 Å². The molecule has 5 rings (SSSR count). The van der Waals surface area contributed by atoms with Crippen LogP contribution in [0.1, 0.15) is 53.5 Å². The van der Waals surface area contributed by atoms with E-state index in [-0.39, 0.29) is 17.7 Å². The first-order valence-corrected chi connectivity index (χ1v) is 13.0. The lowest BCUT2D eigenvalue weighted by Gasteiger charge is -2.34. The van der Waals surface area contributed by atoms with E-state index in [0.717, 1.165) is 64.9 Å². The number of carbonyl (C=O) groups is 1. The van der Waals surface area contributed by atoms with Crippen molar-refractivity contribution in [1.29, 1.82) is 0 Å². The highest BCUT2D eigenvalue weighted by Crippen LogP contribution is 2.35. The monoisotopic (exact) mass is 514 g/mol. The molecule has 1 aliphatic carbocycles. The van der Waals surface area contributed by atoms with Crippen LogP contribution in [0.3, 0.4) is 0 Å². The van der Waals surface area contributed by atoms with Gasteiger partial charge in [-0.2, -0.15) is 15.0 Å². The summed E-state index contributed by atoms with van der Waals surface area (Å²) in [6, 6.07) is 5.88. The molecule has 0 amide bonds. The molecule has 3 heterocycles. The lowest BCUT2D eigenvalue weighted by molar-refractivity contribution is 0.0856. The molecule has 0 spiro atoms. The number of carbonyl (C=O) groups excluding carboxylic acids is 1. The Hall–Kier alpha value is -3.92. The molecular weight excluding hydrogens is 480 g/mol. The van der Waals surface area contributed by atoms with Gasteiger partial charge in [-0.25, -0.2) is 9.67 Å². The molecule has 10 nitrogen and oxygen atoms in total. The highest BCUT2D eigenvalue weighted by Gasteiger charge is 2.30. The minimum absolute atomic E-state index is 0.108. The Labute approximate surface area is 222 Å². The number of fused-ring (bicyclic) bond motifs is 1. The molecule has 0 atom stereocenters. The number of aliphatic imine (C=N–C) groups is 2. The summed E-state index contributed by atoms with van der Waals surface area (Å²) in [7, 11) is 2.00. The average molecular weight is 515 g/mol. The minimum Gasteiger partial charge on any atom is -0.347 e. The molecular formula is C28H34N8O2. The number of hydrogen-bond acceptors (Lipinski definition) is 6. The maximum Gasteiger partial charge on any atom is 0.228 e. The Bertz CT molecular complexity index is 1470. The number of aromatic nitrogens is 3. The first-order valence-electron chi connectivity index (χ1n) is 13.0. The highest BCUT2D eigenvalue weighted by molar-refractivity contribution is 6.12. The Balaban J connectivity index is 1.38. The van der Waals surface area contributed by atoms with Gasteiger partial charge in [0.1, 0.15) is 11.9 Å². The molecule has 0 bridgehead atoms. The van der Waals surface area contributed by atoms with Gasteiger partial charge in [0.05, 0.1) is 5.69 Å². The molecule has 1 aliphatic heterocycles. The van der Waals surface area contributed by atoms with Crippen LogP contribution in [0.4, 0.5) is 5.69 Å². The summed E-state index contributed by atoms with van der Waals surface area (Å²) in [5.41, 5.74) is 5.60. The van der Waals surface area contributed by atoms with Crippen molar-refractivity contribution in [2.45, 2.75) is 52.6 Å². The summed E-state index contributed by atoms with van der Waals surface area (Å²) in [6.07, 6.45) is 6.47. The van der Waals surface area contributed by atoms with Gasteiger partial charge in [0.2, 0.25) is 5.96 Å². The second-order valence-corrected chi connectivity index (χ2v) is 10.3. The number of anilines is 1. The molecule has 2 aliphatic rings. The largest absolute Gasteiger partial charge is 0.347 e. The summed E-state index contributed by atoms with van der Waals surface area (Å²) < 4.78 is 3.82. The molecule has 0 unspecified atom stereocenters. The zero-order valence-corrected chi connectivity index (χ0v) is 22.4. The van der Waals surface area contributed by atoms with E-state index in [1.165, 1.54) is 6.20 Å². The molecule has 1 aromatic carbocycles. The maximum atomic E-state index is 13.2. The number of Topliss-reactive ketones (excluding diaryl/α,β-unsaturated/α-hetero) is 1. The van der Waals surface area contributed by atoms with Crippen molar-refractivity contribution >= 4 is 34.2 Å². The van der Waals surface area contributed by atoms with E-state index in [9.17, 15) is 9.70 Å². The SMILES string of the molecule is C=C/N=C(\N=C(/C)n1cc(CN2CC(N=O)C2)c(C)n1)Nc1ccc2c(c1)c(C(=O)C1CCC1)c(C)n2C. The first-order chi connectivity index (χ1) is 18.3. The summed E-state index contributed by atoms with van der Waals surface area (Å²) in [5.74, 6) is 1.38. The van der Waals surface area contributed by atoms with Gasteiger partial charge in [-0.1, -0.05) is 18.2 Å². The van der Waals surface area contributed by atoms with Crippen LogP contribution < -0.4 is 5.32 Å². The van der Waals surface area contributed by atoms with Crippen LogP contribution in [0.15, 0.2) is 52.3 Å². The topological polar surface area (TPSA) is 109 Å². The molecule has 198 valence electrons. The number of ketones is 1. The first kappa shape index (κ1) is 25.7. The Kier molecular flexibility index (Phi) is 7.07. The van der Waals surface area contributed by atoms with Crippen molar-refractivity contribution in [2.75, 3.05) is 18.4 Å². The molecule has 10 heteroatoms. The molecule has 1 saturated heterocycles. The van der Waals surface area contributed by atoms with E-state index in [4.69, 9.17) is 0 Å². The summed E-state index contributed by atoms with van der Waals surface area (Å²) in [6.45, 7) is 11.7. The van der Waals surface area contributed by atoms with Gasteiger partial charge in [-0.15, -0.1) is 0 Å². The van der Waals surface area contributed by atoms with Crippen LogP contribution in [0, 0.1) is 24.7 Å².